The van der Waals surface area contributed by atoms with Gasteiger partial charge in [0.15, 0.2) is 0 Å². The van der Waals surface area contributed by atoms with E-state index in [-0.39, 0.29) is 29.8 Å². The number of amides is 4. The number of piperidine rings is 1. The molecule has 4 amide bonds. The van der Waals surface area contributed by atoms with E-state index in [0.29, 0.717) is 44.7 Å². The van der Waals surface area contributed by atoms with Gasteiger partial charge in [0, 0.05) is 26.2 Å². The van der Waals surface area contributed by atoms with E-state index < -0.39 is 21.6 Å². The summed E-state index contributed by atoms with van der Waals surface area (Å²) >= 11 is 0. The third-order valence-corrected chi connectivity index (χ3v) is 8.80. The average Bonchev–Trinajstić information content (AvgIpc) is 2.90. The molecule has 1 aliphatic carbocycles. The first-order valence-electron chi connectivity index (χ1n) is 11.1. The second-order valence-corrected chi connectivity index (χ2v) is 12.5. The highest BCUT2D eigenvalue weighted by molar-refractivity contribution is 7.88. The van der Waals surface area contributed by atoms with Crippen molar-refractivity contribution < 1.29 is 22.8 Å². The van der Waals surface area contributed by atoms with Crippen LogP contribution in [0.2, 0.25) is 0 Å². The zero-order chi connectivity index (χ0) is 23.2. The van der Waals surface area contributed by atoms with Gasteiger partial charge in [-0.2, -0.15) is 0 Å². The summed E-state index contributed by atoms with van der Waals surface area (Å²) in [5, 5.41) is 2.88. The molecule has 0 bridgehead atoms. The van der Waals surface area contributed by atoms with Crippen molar-refractivity contribution in [2.75, 3.05) is 32.9 Å². The molecule has 3 fully saturated rings. The van der Waals surface area contributed by atoms with E-state index in [1.165, 1.54) is 10.6 Å². The molecule has 0 radical (unpaired) electrons. The summed E-state index contributed by atoms with van der Waals surface area (Å²) in [6.07, 6.45) is 5.20. The van der Waals surface area contributed by atoms with Crippen LogP contribution in [0.1, 0.15) is 59.3 Å². The van der Waals surface area contributed by atoms with Gasteiger partial charge in [-0.3, -0.25) is 14.5 Å². The highest BCUT2D eigenvalue weighted by atomic mass is 32.2. The van der Waals surface area contributed by atoms with Crippen LogP contribution in [-0.4, -0.2) is 84.9 Å². The van der Waals surface area contributed by atoms with Crippen LogP contribution in [0.25, 0.3) is 0 Å². The molecule has 31 heavy (non-hydrogen) atoms. The molecule has 2 saturated heterocycles. The van der Waals surface area contributed by atoms with E-state index in [0.717, 1.165) is 17.7 Å². The second-order valence-electron chi connectivity index (χ2n) is 10.4. The Bertz CT molecular complexity index is 834. The van der Waals surface area contributed by atoms with Crippen LogP contribution >= 0.6 is 0 Å². The SMILES string of the molecule is CN(C1CCN(C(=O)CN2C(=O)NC3(CCC(C(C)(C)C)CC3)C2=O)CC1)S(C)(=O)=O. The highest BCUT2D eigenvalue weighted by Crippen LogP contribution is 2.43. The number of likely N-dealkylation sites (tertiary alicyclic amines) is 1. The molecular formula is C21H36N4O5S. The van der Waals surface area contributed by atoms with Gasteiger partial charge >= 0.3 is 6.03 Å². The summed E-state index contributed by atoms with van der Waals surface area (Å²) in [7, 11) is -1.72. The number of urea groups is 1. The summed E-state index contributed by atoms with van der Waals surface area (Å²) in [5.41, 5.74) is -0.704. The van der Waals surface area contributed by atoms with E-state index >= 15 is 0 Å². The Morgan fingerprint density at radius 3 is 2.16 bits per heavy atom. The zero-order valence-electron chi connectivity index (χ0n) is 19.3. The molecule has 1 spiro atoms. The van der Waals surface area contributed by atoms with Gasteiger partial charge in [0.1, 0.15) is 12.1 Å². The van der Waals surface area contributed by atoms with Crippen molar-refractivity contribution >= 4 is 27.9 Å². The maximum atomic E-state index is 13.1. The first-order chi connectivity index (χ1) is 14.2. The molecule has 1 N–H and O–H groups in total. The molecule has 10 heteroatoms. The van der Waals surface area contributed by atoms with Gasteiger partial charge in [0.05, 0.1) is 6.26 Å². The van der Waals surface area contributed by atoms with Crippen molar-refractivity contribution in [2.45, 2.75) is 70.9 Å². The number of nitrogens with one attached hydrogen (secondary N) is 1. The molecule has 3 rings (SSSR count). The summed E-state index contributed by atoms with van der Waals surface area (Å²) in [5.74, 6) is -0.0563. The van der Waals surface area contributed by atoms with Crippen molar-refractivity contribution in [3.8, 4) is 0 Å². The number of sulfonamides is 1. The Kier molecular flexibility index (Phi) is 6.46. The van der Waals surface area contributed by atoms with Crippen molar-refractivity contribution in [2.24, 2.45) is 11.3 Å². The number of hydrogen-bond acceptors (Lipinski definition) is 5. The van der Waals surface area contributed by atoms with Crippen molar-refractivity contribution in [1.82, 2.24) is 19.4 Å². The molecule has 1 saturated carbocycles. The van der Waals surface area contributed by atoms with Crippen LogP contribution in [0.5, 0.6) is 0 Å². The Hall–Kier alpha value is -1.68. The number of rotatable bonds is 4. The third-order valence-electron chi connectivity index (χ3n) is 7.46. The fourth-order valence-corrected chi connectivity index (χ4v) is 5.87. The predicted octanol–water partition coefficient (Wildman–Crippen LogP) is 1.40. The lowest BCUT2D eigenvalue weighted by Gasteiger charge is -2.40. The highest BCUT2D eigenvalue weighted by Gasteiger charge is 2.53. The minimum Gasteiger partial charge on any atom is -0.341 e. The number of nitrogens with zero attached hydrogens (tertiary/aromatic N) is 3. The van der Waals surface area contributed by atoms with Crippen LogP contribution in [0.3, 0.4) is 0 Å². The lowest BCUT2D eigenvalue weighted by molar-refractivity contribution is -0.140. The van der Waals surface area contributed by atoms with Gasteiger partial charge in [-0.05, 0) is 49.9 Å². The summed E-state index contributed by atoms with van der Waals surface area (Å²) in [6, 6.07) is -0.628. The number of carbonyl (C=O) groups is 3. The smallest absolute Gasteiger partial charge is 0.325 e. The van der Waals surface area contributed by atoms with Gasteiger partial charge in [0.2, 0.25) is 15.9 Å². The minimum absolute atomic E-state index is 0.142. The van der Waals surface area contributed by atoms with E-state index in [2.05, 4.69) is 26.1 Å². The van der Waals surface area contributed by atoms with Gasteiger partial charge < -0.3 is 10.2 Å². The van der Waals surface area contributed by atoms with Gasteiger partial charge in [-0.25, -0.2) is 17.5 Å². The zero-order valence-corrected chi connectivity index (χ0v) is 20.1. The lowest BCUT2D eigenvalue weighted by atomic mass is 9.67. The normalized spacial score (nSPS) is 28.5. The molecule has 2 heterocycles. The van der Waals surface area contributed by atoms with Gasteiger partial charge in [0.25, 0.3) is 5.91 Å². The van der Waals surface area contributed by atoms with E-state index in [1.54, 1.807) is 11.9 Å². The maximum Gasteiger partial charge on any atom is 0.325 e. The fraction of sp³-hybridized carbons (Fsp3) is 0.857. The Morgan fingerprint density at radius 1 is 1.13 bits per heavy atom. The molecule has 176 valence electrons. The molecular weight excluding hydrogens is 420 g/mol. The number of hydrogen-bond donors (Lipinski definition) is 1. The van der Waals surface area contributed by atoms with E-state index in [1.807, 2.05) is 0 Å². The van der Waals surface area contributed by atoms with Crippen molar-refractivity contribution in [1.29, 1.82) is 0 Å². The summed E-state index contributed by atoms with van der Waals surface area (Å²) in [4.78, 5) is 41.2. The summed E-state index contributed by atoms with van der Waals surface area (Å²) < 4.78 is 24.8. The van der Waals surface area contributed by atoms with Crippen LogP contribution in [0.15, 0.2) is 0 Å². The lowest BCUT2D eigenvalue weighted by Crippen LogP contribution is -2.52. The first kappa shape index (κ1) is 24.0. The Labute approximate surface area is 185 Å². The molecule has 0 aromatic heterocycles. The molecule has 3 aliphatic rings. The fourth-order valence-electron chi connectivity index (χ4n) is 5.12. The van der Waals surface area contributed by atoms with E-state index in [9.17, 15) is 22.8 Å². The molecule has 0 unspecified atom stereocenters. The molecule has 0 atom stereocenters. The molecule has 0 aromatic carbocycles. The van der Waals surface area contributed by atoms with E-state index in [4.69, 9.17) is 0 Å². The average molecular weight is 457 g/mol. The standard InChI is InChI=1S/C21H36N4O5S/c1-20(2,3)15-6-10-21(11-7-15)18(27)25(19(28)22-21)14-17(26)24-12-8-16(9-13-24)23(4)31(5,29)30/h15-16H,6-14H2,1-5H3,(H,22,28). The Balaban J connectivity index is 1.57. The minimum atomic E-state index is -3.28. The molecule has 9 nitrogen and oxygen atoms in total. The van der Waals surface area contributed by atoms with Crippen molar-refractivity contribution in [3.63, 3.8) is 0 Å². The van der Waals surface area contributed by atoms with Gasteiger partial charge in [-0.1, -0.05) is 20.8 Å². The third kappa shape index (κ3) is 4.89. The maximum absolute atomic E-state index is 13.1. The Morgan fingerprint density at radius 2 is 1.68 bits per heavy atom. The van der Waals surface area contributed by atoms with Crippen LogP contribution in [-0.2, 0) is 19.6 Å². The van der Waals surface area contributed by atoms with Crippen LogP contribution in [0.4, 0.5) is 4.79 Å². The largest absolute Gasteiger partial charge is 0.341 e. The second kappa shape index (κ2) is 8.35. The van der Waals surface area contributed by atoms with Crippen LogP contribution in [0, 0.1) is 11.3 Å². The van der Waals surface area contributed by atoms with Gasteiger partial charge in [-0.15, -0.1) is 0 Å². The summed E-state index contributed by atoms with van der Waals surface area (Å²) in [6.45, 7) is 7.16. The molecule has 0 aromatic rings. The predicted molar refractivity (Wildman–Crippen MR) is 117 cm³/mol. The number of imide groups is 1. The monoisotopic (exact) mass is 456 g/mol. The van der Waals surface area contributed by atoms with Crippen molar-refractivity contribution in [3.05, 3.63) is 0 Å². The quantitative estimate of drug-likeness (QED) is 0.644. The first-order valence-corrected chi connectivity index (χ1v) is 12.9. The molecule has 2 aliphatic heterocycles. The number of carbonyl (C=O) groups excluding carboxylic acids is 3. The van der Waals surface area contributed by atoms with Crippen LogP contribution < -0.4 is 5.32 Å². The topological polar surface area (TPSA) is 107 Å².